The van der Waals surface area contributed by atoms with Gasteiger partial charge in [-0.25, -0.2) is 0 Å². The summed E-state index contributed by atoms with van der Waals surface area (Å²) >= 11 is 0. The Labute approximate surface area is 115 Å². The van der Waals surface area contributed by atoms with E-state index in [0.29, 0.717) is 33.0 Å². The third kappa shape index (κ3) is 6.52. The van der Waals surface area contributed by atoms with E-state index in [1.54, 1.807) is 7.11 Å². The van der Waals surface area contributed by atoms with E-state index in [2.05, 4.69) is 10.3 Å². The largest absolute Gasteiger partial charge is 0.489 e. The highest BCUT2D eigenvalue weighted by atomic mass is 16.5. The summed E-state index contributed by atoms with van der Waals surface area (Å²) in [5.74, 6) is 0.815. The lowest BCUT2D eigenvalue weighted by atomic mass is 10.3. The van der Waals surface area contributed by atoms with Gasteiger partial charge in [-0.15, -0.1) is 0 Å². The number of nitrogens with one attached hydrogen (secondary N) is 1. The standard InChI is InChI=1S/C14H24N2O3/c1-4-18-9-10-19-14-6-5-12(2)16-13(14)11-15-7-8-17-3/h5-6,15H,4,7-11H2,1-3H3. The number of methoxy groups -OCH3 is 1. The van der Waals surface area contributed by atoms with Gasteiger partial charge in [0.1, 0.15) is 12.4 Å². The Hall–Kier alpha value is -1.17. The average Bonchev–Trinajstić information content (AvgIpc) is 2.41. The topological polar surface area (TPSA) is 52.6 Å². The highest BCUT2D eigenvalue weighted by Gasteiger charge is 2.05. The number of aryl methyl sites for hydroxylation is 1. The predicted molar refractivity (Wildman–Crippen MR) is 74.5 cm³/mol. The fourth-order valence-corrected chi connectivity index (χ4v) is 1.59. The van der Waals surface area contributed by atoms with Crippen LogP contribution in [0.2, 0.25) is 0 Å². The van der Waals surface area contributed by atoms with Crippen LogP contribution in [0.5, 0.6) is 5.75 Å². The van der Waals surface area contributed by atoms with E-state index < -0.39 is 0 Å². The first-order valence-electron chi connectivity index (χ1n) is 6.64. The zero-order valence-corrected chi connectivity index (χ0v) is 12.1. The third-order valence-electron chi connectivity index (χ3n) is 2.54. The summed E-state index contributed by atoms with van der Waals surface area (Å²) in [5.41, 5.74) is 1.91. The normalized spacial score (nSPS) is 10.7. The molecule has 1 aromatic heterocycles. The number of pyridine rings is 1. The van der Waals surface area contributed by atoms with Crippen LogP contribution in [0, 0.1) is 6.92 Å². The highest BCUT2D eigenvalue weighted by molar-refractivity contribution is 5.29. The minimum atomic E-state index is 0.545. The molecule has 108 valence electrons. The second kappa shape index (κ2) is 9.72. The molecule has 5 nitrogen and oxygen atoms in total. The van der Waals surface area contributed by atoms with Gasteiger partial charge in [0.05, 0.1) is 18.9 Å². The fraction of sp³-hybridized carbons (Fsp3) is 0.643. The molecule has 0 saturated carbocycles. The average molecular weight is 268 g/mol. The Morgan fingerprint density at radius 3 is 2.79 bits per heavy atom. The van der Waals surface area contributed by atoms with Crippen LogP contribution in [0.4, 0.5) is 0 Å². The predicted octanol–water partition coefficient (Wildman–Crippen LogP) is 1.54. The number of aromatic nitrogens is 1. The summed E-state index contributed by atoms with van der Waals surface area (Å²) in [6, 6.07) is 3.91. The van der Waals surface area contributed by atoms with Gasteiger partial charge in [-0.2, -0.15) is 0 Å². The summed E-state index contributed by atoms with van der Waals surface area (Å²) in [6.07, 6.45) is 0. The van der Waals surface area contributed by atoms with Crippen molar-refractivity contribution in [2.75, 3.05) is 40.1 Å². The fourth-order valence-electron chi connectivity index (χ4n) is 1.59. The van der Waals surface area contributed by atoms with Crippen LogP contribution in [-0.2, 0) is 16.0 Å². The van der Waals surface area contributed by atoms with Crippen LogP contribution < -0.4 is 10.1 Å². The summed E-state index contributed by atoms with van der Waals surface area (Å²) in [5, 5.41) is 3.27. The van der Waals surface area contributed by atoms with Crippen molar-refractivity contribution in [2.24, 2.45) is 0 Å². The first kappa shape index (κ1) is 15.9. The molecule has 0 amide bonds. The van der Waals surface area contributed by atoms with E-state index in [-0.39, 0.29) is 0 Å². The Kier molecular flexibility index (Phi) is 8.13. The molecule has 1 heterocycles. The number of ether oxygens (including phenoxy) is 3. The molecular weight excluding hydrogens is 244 g/mol. The maximum absolute atomic E-state index is 5.69. The smallest absolute Gasteiger partial charge is 0.142 e. The molecule has 1 rings (SSSR count). The van der Waals surface area contributed by atoms with Gasteiger partial charge < -0.3 is 19.5 Å². The van der Waals surface area contributed by atoms with Crippen LogP contribution in [0.25, 0.3) is 0 Å². The van der Waals surface area contributed by atoms with Crippen LogP contribution in [0.1, 0.15) is 18.3 Å². The monoisotopic (exact) mass is 268 g/mol. The van der Waals surface area contributed by atoms with E-state index in [1.807, 2.05) is 26.0 Å². The molecule has 0 aliphatic carbocycles. The Morgan fingerprint density at radius 2 is 2.05 bits per heavy atom. The number of rotatable bonds is 10. The molecular formula is C14H24N2O3. The first-order valence-corrected chi connectivity index (χ1v) is 6.64. The van der Waals surface area contributed by atoms with Crippen LogP contribution in [0.3, 0.4) is 0 Å². The molecule has 19 heavy (non-hydrogen) atoms. The molecule has 5 heteroatoms. The maximum Gasteiger partial charge on any atom is 0.142 e. The van der Waals surface area contributed by atoms with Crippen molar-refractivity contribution in [2.45, 2.75) is 20.4 Å². The van der Waals surface area contributed by atoms with Gasteiger partial charge in [0.2, 0.25) is 0 Å². The van der Waals surface area contributed by atoms with E-state index >= 15 is 0 Å². The van der Waals surface area contributed by atoms with Gasteiger partial charge in [-0.3, -0.25) is 4.98 Å². The van der Waals surface area contributed by atoms with Crippen LogP contribution >= 0.6 is 0 Å². The number of nitrogens with zero attached hydrogens (tertiary/aromatic N) is 1. The second-order valence-electron chi connectivity index (χ2n) is 4.11. The quantitative estimate of drug-likeness (QED) is 0.652. The summed E-state index contributed by atoms with van der Waals surface area (Å²) < 4.78 is 15.9. The van der Waals surface area contributed by atoms with Gasteiger partial charge in [-0.1, -0.05) is 0 Å². The van der Waals surface area contributed by atoms with Crippen molar-refractivity contribution in [3.05, 3.63) is 23.5 Å². The molecule has 0 bridgehead atoms. The van der Waals surface area contributed by atoms with Crippen molar-refractivity contribution >= 4 is 0 Å². The molecule has 0 spiro atoms. The Morgan fingerprint density at radius 1 is 1.21 bits per heavy atom. The van der Waals surface area contributed by atoms with Crippen molar-refractivity contribution in [3.63, 3.8) is 0 Å². The molecule has 1 aromatic rings. The van der Waals surface area contributed by atoms with Crippen LogP contribution in [0.15, 0.2) is 12.1 Å². The summed E-state index contributed by atoms with van der Waals surface area (Å²) in [7, 11) is 1.69. The van der Waals surface area contributed by atoms with Crippen molar-refractivity contribution in [3.8, 4) is 5.75 Å². The lowest BCUT2D eigenvalue weighted by Gasteiger charge is -2.12. The lowest BCUT2D eigenvalue weighted by Crippen LogP contribution is -2.20. The Balaban J connectivity index is 2.48. The van der Waals surface area contributed by atoms with Gasteiger partial charge >= 0.3 is 0 Å². The molecule has 1 N–H and O–H groups in total. The summed E-state index contributed by atoms with van der Waals surface area (Å²) in [6.45, 7) is 7.96. The van der Waals surface area contributed by atoms with Gasteiger partial charge in [0.15, 0.2) is 0 Å². The summed E-state index contributed by atoms with van der Waals surface area (Å²) in [4.78, 5) is 4.50. The van der Waals surface area contributed by atoms with Crippen molar-refractivity contribution < 1.29 is 14.2 Å². The molecule has 0 fully saturated rings. The highest BCUT2D eigenvalue weighted by Crippen LogP contribution is 2.16. The maximum atomic E-state index is 5.69. The Bertz CT molecular complexity index is 359. The van der Waals surface area contributed by atoms with Crippen LogP contribution in [-0.4, -0.2) is 45.1 Å². The molecule has 0 unspecified atom stereocenters. The number of hydrogen-bond donors (Lipinski definition) is 1. The van der Waals surface area contributed by atoms with E-state index in [9.17, 15) is 0 Å². The van der Waals surface area contributed by atoms with E-state index in [1.165, 1.54) is 0 Å². The molecule has 0 atom stereocenters. The third-order valence-corrected chi connectivity index (χ3v) is 2.54. The van der Waals surface area contributed by atoms with E-state index in [4.69, 9.17) is 14.2 Å². The van der Waals surface area contributed by atoms with Gasteiger partial charge in [0.25, 0.3) is 0 Å². The van der Waals surface area contributed by atoms with Gasteiger partial charge in [0, 0.05) is 32.5 Å². The molecule has 0 saturated heterocycles. The minimum absolute atomic E-state index is 0.545. The molecule has 0 aliphatic rings. The number of hydrogen-bond acceptors (Lipinski definition) is 5. The zero-order valence-electron chi connectivity index (χ0n) is 12.1. The molecule has 0 aromatic carbocycles. The molecule has 0 radical (unpaired) electrons. The van der Waals surface area contributed by atoms with Crippen molar-refractivity contribution in [1.29, 1.82) is 0 Å². The SMILES string of the molecule is CCOCCOc1ccc(C)nc1CNCCOC. The van der Waals surface area contributed by atoms with Crippen molar-refractivity contribution in [1.82, 2.24) is 10.3 Å². The zero-order chi connectivity index (χ0) is 13.9. The second-order valence-corrected chi connectivity index (χ2v) is 4.11. The van der Waals surface area contributed by atoms with E-state index in [0.717, 1.165) is 23.7 Å². The molecule has 0 aliphatic heterocycles. The van der Waals surface area contributed by atoms with Gasteiger partial charge in [-0.05, 0) is 26.0 Å². The lowest BCUT2D eigenvalue weighted by molar-refractivity contribution is 0.109. The first-order chi connectivity index (χ1) is 9.27. The minimum Gasteiger partial charge on any atom is -0.489 e.